The van der Waals surface area contributed by atoms with Crippen molar-refractivity contribution in [1.29, 1.82) is 0 Å². The predicted octanol–water partition coefficient (Wildman–Crippen LogP) is 1.62. The summed E-state index contributed by atoms with van der Waals surface area (Å²) in [5.74, 6) is 1.07. The van der Waals surface area contributed by atoms with Crippen LogP contribution in [-0.2, 0) is 0 Å². The topological polar surface area (TPSA) is 27.6 Å². The highest BCUT2D eigenvalue weighted by Crippen LogP contribution is 2.15. The van der Waals surface area contributed by atoms with E-state index in [-0.39, 0.29) is 0 Å². The Morgan fingerprint density at radius 3 is 2.71 bits per heavy atom. The molecule has 1 unspecified atom stereocenters. The van der Waals surface area contributed by atoms with Crippen LogP contribution in [0.15, 0.2) is 16.8 Å². The number of aliphatic imine (C=N–C) groups is 1. The van der Waals surface area contributed by atoms with Gasteiger partial charge in [0.05, 0.1) is 12.6 Å². The van der Waals surface area contributed by atoms with E-state index in [1.807, 2.05) is 0 Å². The van der Waals surface area contributed by atoms with E-state index in [9.17, 15) is 0 Å². The maximum absolute atomic E-state index is 4.62. The molecule has 1 atom stereocenters. The average Bonchev–Trinajstić information content (AvgIpc) is 2.09. The molecule has 0 saturated carbocycles. The summed E-state index contributed by atoms with van der Waals surface area (Å²) in [5.41, 5.74) is 1.41. The lowest BCUT2D eigenvalue weighted by Crippen LogP contribution is -2.35. The zero-order valence-corrected chi connectivity index (χ0v) is 9.67. The summed E-state index contributed by atoms with van der Waals surface area (Å²) in [6.45, 7) is 5.25. The van der Waals surface area contributed by atoms with E-state index >= 15 is 0 Å². The fraction of sp³-hybridized carbons (Fsp3) is 0.727. The number of likely N-dealkylation sites (N-methyl/N-ethyl adjacent to an activating group) is 1. The quantitative estimate of drug-likeness (QED) is 0.738. The predicted molar refractivity (Wildman–Crippen MR) is 61.6 cm³/mol. The van der Waals surface area contributed by atoms with Crippen LogP contribution in [0.2, 0.25) is 0 Å². The summed E-state index contributed by atoms with van der Waals surface area (Å²) in [5, 5.41) is 3.26. The minimum atomic E-state index is 0.353. The van der Waals surface area contributed by atoms with Crippen molar-refractivity contribution in [3.63, 3.8) is 0 Å². The Labute approximate surface area is 86.9 Å². The molecule has 1 rings (SSSR count). The number of hydrogen-bond donors (Lipinski definition) is 1. The van der Waals surface area contributed by atoms with Crippen molar-refractivity contribution in [1.82, 2.24) is 10.2 Å². The van der Waals surface area contributed by atoms with E-state index < -0.39 is 0 Å². The molecular formula is C11H21N3. The summed E-state index contributed by atoms with van der Waals surface area (Å²) in [7, 11) is 4.11. The molecule has 3 heteroatoms. The van der Waals surface area contributed by atoms with Gasteiger partial charge in [-0.2, -0.15) is 0 Å². The van der Waals surface area contributed by atoms with Gasteiger partial charge in [0.1, 0.15) is 5.84 Å². The van der Waals surface area contributed by atoms with Gasteiger partial charge in [-0.05, 0) is 33.0 Å². The molecule has 1 aliphatic rings. The van der Waals surface area contributed by atoms with E-state index in [0.29, 0.717) is 6.04 Å². The minimum Gasteiger partial charge on any atom is -0.349 e. The smallest absolute Gasteiger partial charge is 0.115 e. The van der Waals surface area contributed by atoms with Crippen LogP contribution in [0.25, 0.3) is 0 Å². The first-order valence-electron chi connectivity index (χ1n) is 5.30. The third kappa shape index (κ3) is 3.14. The Hall–Kier alpha value is -0.830. The Morgan fingerprint density at radius 2 is 2.21 bits per heavy atom. The zero-order chi connectivity index (χ0) is 10.6. The summed E-state index contributed by atoms with van der Waals surface area (Å²) in [6, 6.07) is 0.353. The normalized spacial score (nSPS) is 21.6. The maximum atomic E-state index is 4.62. The number of amidine groups is 1. The van der Waals surface area contributed by atoms with Crippen molar-refractivity contribution in [2.24, 2.45) is 4.99 Å². The van der Waals surface area contributed by atoms with Crippen molar-refractivity contribution in [3.05, 3.63) is 11.8 Å². The van der Waals surface area contributed by atoms with Gasteiger partial charge in [-0.15, -0.1) is 0 Å². The van der Waals surface area contributed by atoms with Crippen LogP contribution in [0.4, 0.5) is 0 Å². The second-order valence-electron chi connectivity index (χ2n) is 4.10. The SMILES string of the molecule is CCCC1=CNC(CN(C)C)=NC1C. The molecular weight excluding hydrogens is 174 g/mol. The first kappa shape index (κ1) is 11.2. The van der Waals surface area contributed by atoms with Gasteiger partial charge < -0.3 is 10.2 Å². The van der Waals surface area contributed by atoms with Crippen LogP contribution >= 0.6 is 0 Å². The van der Waals surface area contributed by atoms with Crippen molar-refractivity contribution in [2.45, 2.75) is 32.7 Å². The van der Waals surface area contributed by atoms with Crippen LogP contribution in [-0.4, -0.2) is 37.4 Å². The number of nitrogens with zero attached hydrogens (tertiary/aromatic N) is 2. The monoisotopic (exact) mass is 195 g/mol. The Bertz CT molecular complexity index is 241. The highest BCUT2D eigenvalue weighted by atomic mass is 15.1. The van der Waals surface area contributed by atoms with Gasteiger partial charge in [-0.25, -0.2) is 0 Å². The Balaban J connectivity index is 2.52. The van der Waals surface area contributed by atoms with Crippen molar-refractivity contribution >= 4 is 5.84 Å². The average molecular weight is 195 g/mol. The van der Waals surface area contributed by atoms with Crippen molar-refractivity contribution in [3.8, 4) is 0 Å². The molecule has 0 aromatic heterocycles. The first-order valence-corrected chi connectivity index (χ1v) is 5.30. The van der Waals surface area contributed by atoms with Crippen LogP contribution in [0, 0.1) is 0 Å². The van der Waals surface area contributed by atoms with Crippen LogP contribution in [0.5, 0.6) is 0 Å². The molecule has 1 N–H and O–H groups in total. The lowest BCUT2D eigenvalue weighted by atomic mass is 10.0. The second-order valence-corrected chi connectivity index (χ2v) is 4.10. The van der Waals surface area contributed by atoms with E-state index in [0.717, 1.165) is 18.8 Å². The third-order valence-electron chi connectivity index (χ3n) is 2.31. The van der Waals surface area contributed by atoms with Gasteiger partial charge in [0.15, 0.2) is 0 Å². The van der Waals surface area contributed by atoms with Crippen molar-refractivity contribution < 1.29 is 0 Å². The third-order valence-corrected chi connectivity index (χ3v) is 2.31. The molecule has 0 bridgehead atoms. The Kier molecular flexibility index (Phi) is 4.14. The van der Waals surface area contributed by atoms with Crippen molar-refractivity contribution in [2.75, 3.05) is 20.6 Å². The lowest BCUT2D eigenvalue weighted by molar-refractivity contribution is 0.464. The number of rotatable bonds is 4. The van der Waals surface area contributed by atoms with Gasteiger partial charge in [0.25, 0.3) is 0 Å². The molecule has 0 spiro atoms. The summed E-state index contributed by atoms with van der Waals surface area (Å²) < 4.78 is 0. The van der Waals surface area contributed by atoms with E-state index in [4.69, 9.17) is 0 Å². The van der Waals surface area contributed by atoms with Gasteiger partial charge in [-0.3, -0.25) is 4.99 Å². The zero-order valence-electron chi connectivity index (χ0n) is 9.67. The molecule has 0 amide bonds. The number of hydrogen-bond acceptors (Lipinski definition) is 3. The summed E-state index contributed by atoms with van der Waals surface area (Å²) in [4.78, 5) is 6.74. The fourth-order valence-electron chi connectivity index (χ4n) is 1.61. The van der Waals surface area contributed by atoms with E-state index in [2.05, 4.69) is 49.4 Å². The molecule has 0 saturated heterocycles. The van der Waals surface area contributed by atoms with Gasteiger partial charge in [0.2, 0.25) is 0 Å². The summed E-state index contributed by atoms with van der Waals surface area (Å²) in [6.07, 6.45) is 4.46. The maximum Gasteiger partial charge on any atom is 0.115 e. The van der Waals surface area contributed by atoms with Gasteiger partial charge >= 0.3 is 0 Å². The molecule has 0 aromatic carbocycles. The molecule has 0 radical (unpaired) electrons. The van der Waals surface area contributed by atoms with E-state index in [1.165, 1.54) is 12.0 Å². The molecule has 80 valence electrons. The lowest BCUT2D eigenvalue weighted by Gasteiger charge is -2.22. The molecule has 0 aliphatic carbocycles. The molecule has 1 heterocycles. The Morgan fingerprint density at radius 1 is 1.50 bits per heavy atom. The molecule has 0 fully saturated rings. The van der Waals surface area contributed by atoms with Gasteiger partial charge in [-0.1, -0.05) is 13.3 Å². The highest BCUT2D eigenvalue weighted by Gasteiger charge is 2.13. The highest BCUT2D eigenvalue weighted by molar-refractivity contribution is 5.86. The molecule has 1 aliphatic heterocycles. The minimum absolute atomic E-state index is 0.353. The molecule has 14 heavy (non-hydrogen) atoms. The molecule has 3 nitrogen and oxygen atoms in total. The van der Waals surface area contributed by atoms with E-state index in [1.54, 1.807) is 0 Å². The van der Waals surface area contributed by atoms with Crippen LogP contribution in [0.1, 0.15) is 26.7 Å². The standard InChI is InChI=1S/C11H21N3/c1-5-6-10-7-12-11(8-14(3)4)13-9(10)2/h7,9H,5-6,8H2,1-4H3,(H,12,13). The molecule has 0 aromatic rings. The fourth-order valence-corrected chi connectivity index (χ4v) is 1.61. The number of nitrogens with one attached hydrogen (secondary N) is 1. The van der Waals surface area contributed by atoms with Gasteiger partial charge in [0, 0.05) is 6.20 Å². The first-order chi connectivity index (χ1) is 6.63. The second kappa shape index (κ2) is 5.15. The van der Waals surface area contributed by atoms with Crippen LogP contribution < -0.4 is 5.32 Å². The van der Waals surface area contributed by atoms with Crippen LogP contribution in [0.3, 0.4) is 0 Å². The largest absolute Gasteiger partial charge is 0.349 e. The summed E-state index contributed by atoms with van der Waals surface area (Å²) >= 11 is 0.